The SMILES string of the molecule is C/C(=N\N=C(N)N)c1cccc(/C(C)=N/N=C(N)N)c1N.Cl.Cl. The van der Waals surface area contributed by atoms with Crippen molar-refractivity contribution in [3.8, 4) is 0 Å². The summed E-state index contributed by atoms with van der Waals surface area (Å²) in [6, 6.07) is 5.41. The summed E-state index contributed by atoms with van der Waals surface area (Å²) < 4.78 is 0. The van der Waals surface area contributed by atoms with Crippen LogP contribution < -0.4 is 28.7 Å². The van der Waals surface area contributed by atoms with Crippen molar-refractivity contribution >= 4 is 53.8 Å². The van der Waals surface area contributed by atoms with Crippen molar-refractivity contribution in [2.75, 3.05) is 5.73 Å². The highest BCUT2D eigenvalue weighted by molar-refractivity contribution is 6.10. The second kappa shape index (κ2) is 10.2. The first-order chi connectivity index (χ1) is 9.82. The summed E-state index contributed by atoms with van der Waals surface area (Å²) in [4.78, 5) is 0. The van der Waals surface area contributed by atoms with Crippen LogP contribution in [0.3, 0.4) is 0 Å². The van der Waals surface area contributed by atoms with Crippen LogP contribution in [0.5, 0.6) is 0 Å². The van der Waals surface area contributed by atoms with Gasteiger partial charge < -0.3 is 28.7 Å². The summed E-state index contributed by atoms with van der Waals surface area (Å²) in [5.74, 6) is -0.260. The summed E-state index contributed by atoms with van der Waals surface area (Å²) in [5, 5.41) is 15.0. The van der Waals surface area contributed by atoms with Crippen LogP contribution in [0.2, 0.25) is 0 Å². The first-order valence-corrected chi connectivity index (χ1v) is 5.98. The highest BCUT2D eigenvalue weighted by atomic mass is 35.5. The third-order valence-corrected chi connectivity index (χ3v) is 2.52. The van der Waals surface area contributed by atoms with E-state index >= 15 is 0 Å². The van der Waals surface area contributed by atoms with Crippen LogP contribution in [0, 0.1) is 0 Å². The van der Waals surface area contributed by atoms with Crippen molar-refractivity contribution in [1.29, 1.82) is 0 Å². The Morgan fingerprint density at radius 1 is 0.739 bits per heavy atom. The molecule has 0 aliphatic rings. The molecule has 0 aliphatic carbocycles. The van der Waals surface area contributed by atoms with Crippen LogP contribution in [0.25, 0.3) is 0 Å². The molecule has 128 valence electrons. The molecule has 0 amide bonds. The average molecular weight is 362 g/mol. The Hall–Kier alpha value is -2.52. The number of nitrogens with zero attached hydrogens (tertiary/aromatic N) is 4. The van der Waals surface area contributed by atoms with Gasteiger partial charge in [-0.3, -0.25) is 0 Å². The minimum Gasteiger partial charge on any atom is -0.398 e. The second-order valence-electron chi connectivity index (χ2n) is 4.19. The maximum Gasteiger partial charge on any atom is 0.211 e. The van der Waals surface area contributed by atoms with Crippen LogP contribution in [0.15, 0.2) is 38.6 Å². The molecule has 1 aromatic carbocycles. The predicted octanol–water partition coefficient (Wildman–Crippen LogP) is 0.107. The lowest BCUT2D eigenvalue weighted by Crippen LogP contribution is -2.22. The zero-order valence-electron chi connectivity index (χ0n) is 12.7. The van der Waals surface area contributed by atoms with E-state index in [4.69, 9.17) is 28.7 Å². The molecule has 0 radical (unpaired) electrons. The van der Waals surface area contributed by atoms with Gasteiger partial charge in [-0.15, -0.1) is 35.0 Å². The molecular weight excluding hydrogens is 341 g/mol. The van der Waals surface area contributed by atoms with E-state index in [1.54, 1.807) is 26.0 Å². The minimum atomic E-state index is -0.130. The van der Waals surface area contributed by atoms with Gasteiger partial charge in [0.25, 0.3) is 0 Å². The van der Waals surface area contributed by atoms with Gasteiger partial charge in [0.15, 0.2) is 0 Å². The summed E-state index contributed by atoms with van der Waals surface area (Å²) in [5.41, 5.74) is 30.1. The van der Waals surface area contributed by atoms with E-state index < -0.39 is 0 Å². The van der Waals surface area contributed by atoms with Crippen molar-refractivity contribution in [2.24, 2.45) is 43.3 Å². The Balaban J connectivity index is 0. The summed E-state index contributed by atoms with van der Waals surface area (Å²) in [6.45, 7) is 3.48. The predicted molar refractivity (Wildman–Crippen MR) is 101 cm³/mol. The van der Waals surface area contributed by atoms with E-state index in [1.807, 2.05) is 6.07 Å². The Bertz CT molecular complexity index is 590. The lowest BCUT2D eigenvalue weighted by atomic mass is 10.0. The fraction of sp³-hybridized carbons (Fsp3) is 0.167. The molecule has 0 bridgehead atoms. The van der Waals surface area contributed by atoms with Crippen molar-refractivity contribution < 1.29 is 0 Å². The van der Waals surface area contributed by atoms with E-state index in [-0.39, 0.29) is 36.7 Å². The summed E-state index contributed by atoms with van der Waals surface area (Å²) in [7, 11) is 0. The maximum absolute atomic E-state index is 6.11. The molecule has 0 saturated heterocycles. The molecule has 0 atom stereocenters. The lowest BCUT2D eigenvalue weighted by Gasteiger charge is -2.09. The highest BCUT2D eigenvalue weighted by Gasteiger charge is 2.10. The zero-order chi connectivity index (χ0) is 16.0. The normalized spacial score (nSPS) is 10.9. The molecule has 9 nitrogen and oxygen atoms in total. The topological polar surface area (TPSA) is 180 Å². The van der Waals surface area contributed by atoms with Crippen LogP contribution in [-0.2, 0) is 0 Å². The number of anilines is 1. The fourth-order valence-electron chi connectivity index (χ4n) is 1.57. The number of nitrogens with two attached hydrogens (primary N) is 5. The van der Waals surface area contributed by atoms with E-state index in [0.717, 1.165) is 0 Å². The molecule has 0 aromatic heterocycles. The van der Waals surface area contributed by atoms with E-state index in [9.17, 15) is 0 Å². The third-order valence-electron chi connectivity index (χ3n) is 2.52. The Labute approximate surface area is 146 Å². The molecule has 1 aromatic rings. The number of hydrogen-bond donors (Lipinski definition) is 5. The molecule has 0 fully saturated rings. The molecule has 0 unspecified atom stereocenters. The van der Waals surface area contributed by atoms with Crippen molar-refractivity contribution in [2.45, 2.75) is 13.8 Å². The quantitative estimate of drug-likeness (QED) is 0.220. The number of benzene rings is 1. The Morgan fingerprint density at radius 3 is 1.39 bits per heavy atom. The van der Waals surface area contributed by atoms with Crippen molar-refractivity contribution in [3.63, 3.8) is 0 Å². The highest BCUT2D eigenvalue weighted by Crippen LogP contribution is 2.19. The van der Waals surface area contributed by atoms with Crippen LogP contribution in [-0.4, -0.2) is 23.3 Å². The van der Waals surface area contributed by atoms with Gasteiger partial charge in [0.1, 0.15) is 0 Å². The van der Waals surface area contributed by atoms with Crippen LogP contribution >= 0.6 is 24.8 Å². The van der Waals surface area contributed by atoms with Gasteiger partial charge in [0.2, 0.25) is 11.9 Å². The first kappa shape index (κ1) is 22.8. The smallest absolute Gasteiger partial charge is 0.211 e. The number of para-hydroxylation sites is 1. The van der Waals surface area contributed by atoms with E-state index in [0.29, 0.717) is 28.2 Å². The second-order valence-corrected chi connectivity index (χ2v) is 4.19. The standard InChI is InChI=1S/C12H19N9.2ClH/c1-6(18-20-11(14)15)8-4-3-5-9(10(8)13)7(2)19-21-12(16)17;;/h3-5H,13H2,1-2H3,(H4,14,15,20)(H4,16,17,21);2*1H/b18-6+,19-7+;;. The molecule has 23 heavy (non-hydrogen) atoms. The van der Waals surface area contributed by atoms with E-state index in [1.165, 1.54) is 0 Å². The van der Waals surface area contributed by atoms with Crippen molar-refractivity contribution in [3.05, 3.63) is 29.3 Å². The number of hydrogen-bond acceptors (Lipinski definition) is 5. The third kappa shape index (κ3) is 6.85. The van der Waals surface area contributed by atoms with Gasteiger partial charge in [-0.25, -0.2) is 0 Å². The largest absolute Gasteiger partial charge is 0.398 e. The van der Waals surface area contributed by atoms with Crippen LogP contribution in [0.1, 0.15) is 25.0 Å². The summed E-state index contributed by atoms with van der Waals surface area (Å²) in [6.07, 6.45) is 0. The Kier molecular flexibility index (Phi) is 10.1. The molecule has 11 heteroatoms. The van der Waals surface area contributed by atoms with Gasteiger partial charge in [-0.2, -0.15) is 10.2 Å². The molecule has 0 saturated carbocycles. The minimum absolute atomic E-state index is 0. The zero-order valence-corrected chi connectivity index (χ0v) is 14.4. The van der Waals surface area contributed by atoms with Gasteiger partial charge in [0.05, 0.1) is 11.4 Å². The Morgan fingerprint density at radius 2 is 1.09 bits per heavy atom. The number of rotatable bonds is 4. The van der Waals surface area contributed by atoms with E-state index in [2.05, 4.69) is 20.4 Å². The maximum atomic E-state index is 6.11. The molecule has 0 spiro atoms. The van der Waals surface area contributed by atoms with Gasteiger partial charge in [-0.1, -0.05) is 18.2 Å². The molecule has 0 heterocycles. The van der Waals surface area contributed by atoms with Gasteiger partial charge in [0, 0.05) is 16.8 Å². The number of guanidine groups is 2. The fourth-order valence-corrected chi connectivity index (χ4v) is 1.57. The van der Waals surface area contributed by atoms with Crippen molar-refractivity contribution in [1.82, 2.24) is 0 Å². The summed E-state index contributed by atoms with van der Waals surface area (Å²) >= 11 is 0. The van der Waals surface area contributed by atoms with Crippen LogP contribution in [0.4, 0.5) is 5.69 Å². The monoisotopic (exact) mass is 361 g/mol. The molecule has 0 aliphatic heterocycles. The van der Waals surface area contributed by atoms with Gasteiger partial charge in [-0.05, 0) is 13.8 Å². The lowest BCUT2D eigenvalue weighted by molar-refractivity contribution is 1.19. The van der Waals surface area contributed by atoms with Gasteiger partial charge >= 0.3 is 0 Å². The first-order valence-electron chi connectivity index (χ1n) is 5.98. The average Bonchev–Trinajstić information content (AvgIpc) is 2.42. The molecular formula is C12H21Cl2N9. The molecule has 1 rings (SSSR count). The molecule has 10 N–H and O–H groups in total. The number of nitrogen functional groups attached to an aromatic ring is 1. The number of halogens is 2.